The molecule has 0 spiro atoms. The lowest BCUT2D eigenvalue weighted by Crippen LogP contribution is -2.36. The third kappa shape index (κ3) is 4.53. The minimum Gasteiger partial charge on any atom is -0.481 e. The van der Waals surface area contributed by atoms with Gasteiger partial charge in [-0.3, -0.25) is 9.59 Å². The molecule has 1 fully saturated rings. The van der Waals surface area contributed by atoms with Crippen LogP contribution in [-0.2, 0) is 11.3 Å². The number of piperidine rings is 1. The van der Waals surface area contributed by atoms with Gasteiger partial charge in [-0.15, -0.1) is 0 Å². The smallest absolute Gasteiger partial charge is 0.306 e. The molecule has 1 aliphatic heterocycles. The first-order chi connectivity index (χ1) is 13.3. The van der Waals surface area contributed by atoms with Crippen molar-refractivity contribution in [2.24, 2.45) is 5.92 Å². The Morgan fingerprint density at radius 3 is 2.43 bits per heavy atom. The molecule has 2 aromatic carbocycles. The number of anilines is 1. The number of carbonyl (C=O) groups excluding carboxylic acids is 1. The van der Waals surface area contributed by atoms with Crippen molar-refractivity contribution in [2.45, 2.75) is 33.2 Å². The summed E-state index contributed by atoms with van der Waals surface area (Å²) in [5, 5.41) is 9.16. The van der Waals surface area contributed by atoms with E-state index in [1.165, 1.54) is 5.56 Å². The number of rotatable bonds is 5. The van der Waals surface area contributed by atoms with Crippen LogP contribution in [0.2, 0.25) is 0 Å². The van der Waals surface area contributed by atoms with Crippen LogP contribution in [0, 0.1) is 19.8 Å². The SMILES string of the molecule is Cc1ccc(C(=O)N(C)Cc2cccc(N3CCC(C(=O)O)CC3)c2)cc1C. The fourth-order valence-corrected chi connectivity index (χ4v) is 3.68. The Bertz CT molecular complexity index is 870. The molecule has 1 N–H and O–H groups in total. The summed E-state index contributed by atoms with van der Waals surface area (Å²) in [7, 11) is 1.82. The molecule has 0 radical (unpaired) electrons. The summed E-state index contributed by atoms with van der Waals surface area (Å²) >= 11 is 0. The summed E-state index contributed by atoms with van der Waals surface area (Å²) < 4.78 is 0. The molecular formula is C23H28N2O3. The van der Waals surface area contributed by atoms with E-state index < -0.39 is 5.97 Å². The standard InChI is InChI=1S/C23H28N2O3/c1-16-7-8-20(13-17(16)2)22(26)24(3)15-18-5-4-6-21(14-18)25-11-9-19(10-12-25)23(27)28/h4-8,13-14,19H,9-12,15H2,1-3H3,(H,27,28). The van der Waals surface area contributed by atoms with Crippen LogP contribution in [0.4, 0.5) is 5.69 Å². The zero-order chi connectivity index (χ0) is 20.3. The summed E-state index contributed by atoms with van der Waals surface area (Å²) in [5.74, 6) is -0.920. The molecule has 0 unspecified atom stereocenters. The van der Waals surface area contributed by atoms with Crippen molar-refractivity contribution < 1.29 is 14.7 Å². The molecule has 0 bridgehead atoms. The minimum atomic E-state index is -0.695. The van der Waals surface area contributed by atoms with E-state index in [0.29, 0.717) is 24.9 Å². The Morgan fingerprint density at radius 1 is 1.07 bits per heavy atom. The molecule has 1 heterocycles. The molecule has 28 heavy (non-hydrogen) atoms. The van der Waals surface area contributed by atoms with Crippen LogP contribution >= 0.6 is 0 Å². The molecule has 2 aromatic rings. The molecule has 1 saturated heterocycles. The Hall–Kier alpha value is -2.82. The fraction of sp³-hybridized carbons (Fsp3) is 0.391. The van der Waals surface area contributed by atoms with Crippen LogP contribution < -0.4 is 4.90 Å². The fourth-order valence-electron chi connectivity index (χ4n) is 3.68. The predicted molar refractivity (Wildman–Crippen MR) is 111 cm³/mol. The summed E-state index contributed by atoms with van der Waals surface area (Å²) in [4.78, 5) is 27.9. The normalized spacial score (nSPS) is 14.8. The van der Waals surface area contributed by atoms with Gasteiger partial charge in [0, 0.05) is 37.9 Å². The lowest BCUT2D eigenvalue weighted by Gasteiger charge is -2.32. The lowest BCUT2D eigenvalue weighted by atomic mass is 9.96. The topological polar surface area (TPSA) is 60.9 Å². The number of hydrogen-bond donors (Lipinski definition) is 1. The highest BCUT2D eigenvalue weighted by Crippen LogP contribution is 2.25. The van der Waals surface area contributed by atoms with Crippen LogP contribution in [-0.4, -0.2) is 42.0 Å². The van der Waals surface area contributed by atoms with Crippen molar-refractivity contribution in [1.29, 1.82) is 0 Å². The number of aryl methyl sites for hydroxylation is 2. The number of hydrogen-bond acceptors (Lipinski definition) is 3. The Balaban J connectivity index is 1.66. The highest BCUT2D eigenvalue weighted by Gasteiger charge is 2.24. The van der Waals surface area contributed by atoms with E-state index in [2.05, 4.69) is 17.0 Å². The highest BCUT2D eigenvalue weighted by atomic mass is 16.4. The summed E-state index contributed by atoms with van der Waals surface area (Å²) in [6.45, 7) is 6.09. The summed E-state index contributed by atoms with van der Waals surface area (Å²) in [6, 6.07) is 14.0. The van der Waals surface area contributed by atoms with Gasteiger partial charge in [0.2, 0.25) is 0 Å². The van der Waals surface area contributed by atoms with Crippen molar-refractivity contribution in [3.8, 4) is 0 Å². The van der Waals surface area contributed by atoms with Crippen molar-refractivity contribution >= 4 is 17.6 Å². The molecule has 1 aliphatic rings. The van der Waals surface area contributed by atoms with Crippen molar-refractivity contribution in [3.63, 3.8) is 0 Å². The molecule has 0 atom stereocenters. The van der Waals surface area contributed by atoms with E-state index in [-0.39, 0.29) is 11.8 Å². The number of carbonyl (C=O) groups is 2. The van der Waals surface area contributed by atoms with E-state index in [4.69, 9.17) is 5.11 Å². The minimum absolute atomic E-state index is 0.00998. The maximum atomic E-state index is 12.8. The van der Waals surface area contributed by atoms with Crippen LogP contribution in [0.25, 0.3) is 0 Å². The molecule has 0 saturated carbocycles. The number of aliphatic carboxylic acids is 1. The van der Waals surface area contributed by atoms with Crippen LogP contribution in [0.1, 0.15) is 39.9 Å². The van der Waals surface area contributed by atoms with Gasteiger partial charge in [-0.05, 0) is 67.6 Å². The van der Waals surface area contributed by atoms with Gasteiger partial charge in [-0.2, -0.15) is 0 Å². The van der Waals surface area contributed by atoms with E-state index >= 15 is 0 Å². The number of nitrogens with zero attached hydrogens (tertiary/aromatic N) is 2. The molecule has 5 nitrogen and oxygen atoms in total. The summed E-state index contributed by atoms with van der Waals surface area (Å²) in [5.41, 5.74) is 5.16. The van der Waals surface area contributed by atoms with Gasteiger partial charge < -0.3 is 14.9 Å². The van der Waals surface area contributed by atoms with Crippen molar-refractivity contribution in [3.05, 3.63) is 64.7 Å². The van der Waals surface area contributed by atoms with Gasteiger partial charge in [0.15, 0.2) is 0 Å². The second-order valence-corrected chi connectivity index (χ2v) is 7.73. The van der Waals surface area contributed by atoms with E-state index in [9.17, 15) is 9.59 Å². The zero-order valence-electron chi connectivity index (χ0n) is 16.8. The molecule has 5 heteroatoms. The number of carboxylic acids is 1. The van der Waals surface area contributed by atoms with Crippen LogP contribution in [0.3, 0.4) is 0 Å². The molecular weight excluding hydrogens is 352 g/mol. The Kier molecular flexibility index (Phi) is 6.02. The Labute approximate surface area is 166 Å². The molecule has 148 valence electrons. The second kappa shape index (κ2) is 8.46. The number of carboxylic acid groups (broad SMARTS) is 1. The maximum Gasteiger partial charge on any atom is 0.306 e. The van der Waals surface area contributed by atoms with Gasteiger partial charge in [0.05, 0.1) is 5.92 Å². The lowest BCUT2D eigenvalue weighted by molar-refractivity contribution is -0.142. The molecule has 0 aromatic heterocycles. The third-order valence-corrected chi connectivity index (χ3v) is 5.64. The van der Waals surface area contributed by atoms with Crippen LogP contribution in [0.15, 0.2) is 42.5 Å². The molecule has 3 rings (SSSR count). The largest absolute Gasteiger partial charge is 0.481 e. The highest BCUT2D eigenvalue weighted by molar-refractivity contribution is 5.94. The second-order valence-electron chi connectivity index (χ2n) is 7.73. The molecule has 0 aliphatic carbocycles. The third-order valence-electron chi connectivity index (χ3n) is 5.64. The van der Waals surface area contributed by atoms with Gasteiger partial charge in [-0.1, -0.05) is 18.2 Å². The van der Waals surface area contributed by atoms with E-state index in [1.54, 1.807) is 4.90 Å². The monoisotopic (exact) mass is 380 g/mol. The maximum absolute atomic E-state index is 12.8. The quantitative estimate of drug-likeness (QED) is 0.855. The van der Waals surface area contributed by atoms with Crippen LogP contribution in [0.5, 0.6) is 0 Å². The first-order valence-electron chi connectivity index (χ1n) is 9.74. The first kappa shape index (κ1) is 19.9. The Morgan fingerprint density at radius 2 is 1.79 bits per heavy atom. The van der Waals surface area contributed by atoms with Crippen molar-refractivity contribution in [1.82, 2.24) is 4.90 Å². The van der Waals surface area contributed by atoms with Gasteiger partial charge in [-0.25, -0.2) is 0 Å². The van der Waals surface area contributed by atoms with Gasteiger partial charge >= 0.3 is 5.97 Å². The van der Waals surface area contributed by atoms with Crippen molar-refractivity contribution in [2.75, 3.05) is 25.0 Å². The van der Waals surface area contributed by atoms with Gasteiger partial charge in [0.1, 0.15) is 0 Å². The zero-order valence-corrected chi connectivity index (χ0v) is 16.8. The first-order valence-corrected chi connectivity index (χ1v) is 9.74. The number of amides is 1. The molecule has 1 amide bonds. The summed E-state index contributed by atoms with van der Waals surface area (Å²) in [6.07, 6.45) is 1.34. The average molecular weight is 380 g/mol. The van der Waals surface area contributed by atoms with E-state index in [0.717, 1.165) is 29.9 Å². The predicted octanol–water partition coefficient (Wildman–Crippen LogP) is 3.88. The van der Waals surface area contributed by atoms with Gasteiger partial charge in [0.25, 0.3) is 5.91 Å². The van der Waals surface area contributed by atoms with E-state index in [1.807, 2.05) is 51.2 Å². The average Bonchev–Trinajstić information content (AvgIpc) is 2.69. The number of benzene rings is 2.